The SMILES string of the molecule is [2H]N([2H])[C@]([2H])(C)Cc1ccccc1. The van der Waals surface area contributed by atoms with Crippen LogP contribution in [0.2, 0.25) is 2.82 Å². The van der Waals surface area contributed by atoms with Crippen LogP contribution in [0.5, 0.6) is 0 Å². The van der Waals surface area contributed by atoms with Gasteiger partial charge in [0.05, 0.1) is 0 Å². The molecule has 1 heteroatoms. The number of hydrogen-bond acceptors (Lipinski definition) is 1. The molecule has 1 atom stereocenters. The maximum Gasteiger partial charge on any atom is 0.119 e. The van der Waals surface area contributed by atoms with Gasteiger partial charge in [-0.15, -0.1) is 0 Å². The van der Waals surface area contributed by atoms with Crippen LogP contribution < -0.4 is 5.72 Å². The van der Waals surface area contributed by atoms with Crippen LogP contribution in [-0.2, 0) is 6.42 Å². The van der Waals surface area contributed by atoms with Crippen molar-refractivity contribution < 1.29 is 4.19 Å². The molecule has 0 saturated carbocycles. The highest BCUT2D eigenvalue weighted by molar-refractivity contribution is 5.15. The lowest BCUT2D eigenvalue weighted by Crippen LogP contribution is -2.17. The summed E-state index contributed by atoms with van der Waals surface area (Å²) in [7, 11) is 0. The Morgan fingerprint density at radius 3 is 2.90 bits per heavy atom. The second-order valence-electron chi connectivity index (χ2n) is 2.40. The molecule has 0 bridgehead atoms. The molecular formula is C9H13N. The summed E-state index contributed by atoms with van der Waals surface area (Å²) in [5.74, 6) is 0. The molecule has 1 aromatic rings. The van der Waals surface area contributed by atoms with E-state index in [4.69, 9.17) is 4.19 Å². The molecule has 1 nitrogen and oxygen atoms in total. The lowest BCUT2D eigenvalue weighted by molar-refractivity contribution is 0.738. The lowest BCUT2D eigenvalue weighted by atomic mass is 10.1. The molecule has 0 spiro atoms. The Morgan fingerprint density at radius 1 is 1.60 bits per heavy atom. The Hall–Kier alpha value is -0.820. The summed E-state index contributed by atoms with van der Waals surface area (Å²) in [4.78, 5) is 0. The number of hydrogen-bond donors (Lipinski definition) is 1. The van der Waals surface area contributed by atoms with Crippen LogP contribution >= 0.6 is 0 Å². The van der Waals surface area contributed by atoms with Crippen LogP contribution in [0.15, 0.2) is 30.3 Å². The smallest absolute Gasteiger partial charge is 0.119 e. The van der Waals surface area contributed by atoms with E-state index in [1.165, 1.54) is 0 Å². The predicted molar refractivity (Wildman–Crippen MR) is 43.8 cm³/mol. The molecule has 1 aromatic carbocycles. The lowest BCUT2D eigenvalue weighted by Gasteiger charge is -2.02. The fourth-order valence-electron chi connectivity index (χ4n) is 0.891. The Morgan fingerprint density at radius 2 is 2.30 bits per heavy atom. The average Bonchev–Trinajstić information content (AvgIpc) is 2.05. The average molecular weight is 138 g/mol. The van der Waals surface area contributed by atoms with E-state index in [1.54, 1.807) is 6.92 Å². The summed E-state index contributed by atoms with van der Waals surface area (Å²) in [5.41, 5.74) is 1.41. The quantitative estimate of drug-likeness (QED) is 0.674. The minimum atomic E-state index is -1.18. The molecule has 0 aromatic heterocycles. The second kappa shape index (κ2) is 3.37. The van der Waals surface area contributed by atoms with Gasteiger partial charge in [0.2, 0.25) is 0 Å². The first-order valence-corrected chi connectivity index (χ1v) is 3.34. The summed E-state index contributed by atoms with van der Waals surface area (Å²) in [6.07, 6.45) is 0.390. The molecule has 0 fully saturated rings. The molecule has 0 aliphatic heterocycles. The Kier molecular flexibility index (Phi) is 1.40. The number of rotatable bonds is 3. The fourth-order valence-corrected chi connectivity index (χ4v) is 0.891. The molecule has 0 radical (unpaired) electrons. The van der Waals surface area contributed by atoms with Crippen LogP contribution in [0.1, 0.15) is 13.9 Å². The van der Waals surface area contributed by atoms with E-state index in [0.717, 1.165) is 5.56 Å². The molecule has 54 valence electrons. The Balaban J connectivity index is 2.69. The first kappa shape index (κ1) is 4.14. The number of nitrogens with two attached hydrogens (primary N) is 1. The molecule has 0 aliphatic rings. The molecule has 0 aliphatic carbocycles. The van der Waals surface area contributed by atoms with Crippen molar-refractivity contribution >= 4 is 0 Å². The van der Waals surface area contributed by atoms with E-state index in [9.17, 15) is 0 Å². The highest BCUT2D eigenvalue weighted by Crippen LogP contribution is 2.00. The zero-order valence-corrected chi connectivity index (χ0v) is 6.04. The summed E-state index contributed by atoms with van der Waals surface area (Å²) in [6.45, 7) is 1.56. The van der Waals surface area contributed by atoms with Gasteiger partial charge in [-0.2, -0.15) is 0 Å². The maximum absolute atomic E-state index is 7.67. The minimum absolute atomic E-state index is 0.390. The van der Waals surface area contributed by atoms with Crippen molar-refractivity contribution in [1.29, 1.82) is 0 Å². The summed E-state index contributed by atoms with van der Waals surface area (Å²) in [6, 6.07) is 8.31. The highest BCUT2D eigenvalue weighted by atomic mass is 14.6. The standard InChI is InChI=1S/C9H13N/c1-8(10)7-9-5-3-2-4-6-9/h2-6,8H,7,10H2,1H3/t8-/m1/s1/i8D/hD2. The summed E-state index contributed by atoms with van der Waals surface area (Å²) in [5, 5.41) is 0. The zero-order chi connectivity index (χ0) is 9.90. The first-order chi connectivity index (χ1) is 6.02. The predicted octanol–water partition coefficient (Wildman–Crippen LogP) is 1.58. The zero-order valence-electron chi connectivity index (χ0n) is 9.04. The minimum Gasteiger partial charge on any atom is -0.328 e. The molecule has 0 heterocycles. The van der Waals surface area contributed by atoms with E-state index in [-0.39, 0.29) is 0 Å². The van der Waals surface area contributed by atoms with E-state index < -0.39 is 6.02 Å². The van der Waals surface area contributed by atoms with Gasteiger partial charge in [0.15, 0.2) is 0 Å². The summed E-state index contributed by atoms with van der Waals surface area (Å²) < 4.78 is 21.8. The van der Waals surface area contributed by atoms with Crippen molar-refractivity contribution in [3.8, 4) is 0 Å². The van der Waals surface area contributed by atoms with Gasteiger partial charge < -0.3 is 5.72 Å². The number of benzene rings is 1. The molecular weight excluding hydrogens is 122 g/mol. The third-order valence-electron chi connectivity index (χ3n) is 1.30. The van der Waals surface area contributed by atoms with Crippen molar-refractivity contribution in [2.45, 2.75) is 19.4 Å². The first-order valence-electron chi connectivity index (χ1n) is 4.74. The third kappa shape index (κ3) is 2.19. The van der Waals surface area contributed by atoms with Gasteiger partial charge in [0.25, 0.3) is 0 Å². The van der Waals surface area contributed by atoms with Gasteiger partial charge in [0, 0.05) is 7.39 Å². The van der Waals surface area contributed by atoms with Gasteiger partial charge >= 0.3 is 0 Å². The normalized spacial score (nSPS) is 20.8. The molecule has 10 heavy (non-hydrogen) atoms. The molecule has 2 N–H and O–H groups in total. The topological polar surface area (TPSA) is 26.0 Å². The van der Waals surface area contributed by atoms with Gasteiger partial charge in [0.1, 0.15) is 2.82 Å². The third-order valence-corrected chi connectivity index (χ3v) is 1.30. The maximum atomic E-state index is 7.67. The molecule has 1 rings (SSSR count). The summed E-state index contributed by atoms with van der Waals surface area (Å²) >= 11 is 0. The van der Waals surface area contributed by atoms with E-state index in [2.05, 4.69) is 0 Å². The Labute approximate surface area is 66.2 Å². The second-order valence-corrected chi connectivity index (χ2v) is 2.40. The fraction of sp³-hybridized carbons (Fsp3) is 0.333. The van der Waals surface area contributed by atoms with Crippen molar-refractivity contribution in [2.75, 3.05) is 0 Å². The Bertz CT molecular complexity index is 259. The highest BCUT2D eigenvalue weighted by Gasteiger charge is 1.94. The van der Waals surface area contributed by atoms with Crippen LogP contribution in [-0.4, -0.2) is 6.02 Å². The van der Waals surface area contributed by atoms with Crippen LogP contribution in [0.3, 0.4) is 0 Å². The molecule has 0 saturated heterocycles. The van der Waals surface area contributed by atoms with E-state index >= 15 is 0 Å². The van der Waals surface area contributed by atoms with Crippen molar-refractivity contribution in [3.05, 3.63) is 35.9 Å². The molecule has 0 unspecified atom stereocenters. The largest absolute Gasteiger partial charge is 0.328 e. The van der Waals surface area contributed by atoms with Gasteiger partial charge in [-0.25, -0.2) is 0 Å². The van der Waals surface area contributed by atoms with Gasteiger partial charge in [-0.05, 0) is 18.9 Å². The van der Waals surface area contributed by atoms with E-state index in [0.29, 0.717) is 12.1 Å². The van der Waals surface area contributed by atoms with Gasteiger partial charge in [-0.3, -0.25) is 0 Å². The van der Waals surface area contributed by atoms with E-state index in [1.807, 2.05) is 30.3 Å². The van der Waals surface area contributed by atoms with Crippen molar-refractivity contribution in [1.82, 2.24) is 0 Å². The van der Waals surface area contributed by atoms with Crippen LogP contribution in [0.4, 0.5) is 0 Å². The monoisotopic (exact) mass is 138 g/mol. The van der Waals surface area contributed by atoms with Crippen LogP contribution in [0.25, 0.3) is 0 Å². The van der Waals surface area contributed by atoms with Crippen molar-refractivity contribution in [3.63, 3.8) is 0 Å². The van der Waals surface area contributed by atoms with Crippen LogP contribution in [0, 0.1) is 0 Å². The molecule has 0 amide bonds. The van der Waals surface area contributed by atoms with Gasteiger partial charge in [-0.1, -0.05) is 30.3 Å². The van der Waals surface area contributed by atoms with Crippen molar-refractivity contribution in [2.24, 2.45) is 5.72 Å².